The maximum Gasteiger partial charge on any atom is 0.127 e. The molecule has 2 nitrogen and oxygen atoms in total. The van der Waals surface area contributed by atoms with E-state index in [0.717, 1.165) is 17.4 Å². The van der Waals surface area contributed by atoms with Gasteiger partial charge in [-0.3, -0.25) is 0 Å². The molecule has 3 heteroatoms. The van der Waals surface area contributed by atoms with Crippen molar-refractivity contribution in [2.24, 2.45) is 0 Å². The van der Waals surface area contributed by atoms with E-state index in [1.165, 1.54) is 6.42 Å². The molecule has 1 unspecified atom stereocenters. The Hall–Kier alpha value is -0.700. The second kappa shape index (κ2) is 5.91. The summed E-state index contributed by atoms with van der Waals surface area (Å²) in [6.45, 7) is 7.43. The number of thioether (sulfide) groups is 1. The molecule has 14 heavy (non-hydrogen) atoms. The van der Waals surface area contributed by atoms with Crippen molar-refractivity contribution in [2.75, 3.05) is 11.9 Å². The molecule has 0 bridgehead atoms. The van der Waals surface area contributed by atoms with Gasteiger partial charge in [0.05, 0.1) is 5.03 Å². The van der Waals surface area contributed by atoms with Gasteiger partial charge in [0, 0.05) is 11.8 Å². The summed E-state index contributed by atoms with van der Waals surface area (Å²) < 4.78 is 0. The molecule has 0 aliphatic heterocycles. The zero-order valence-electron chi connectivity index (χ0n) is 9.08. The number of nitrogens with one attached hydrogen (secondary N) is 1. The van der Waals surface area contributed by atoms with Crippen molar-refractivity contribution in [1.82, 2.24) is 4.98 Å². The summed E-state index contributed by atoms with van der Waals surface area (Å²) in [6, 6.07) is 6.12. The largest absolute Gasteiger partial charge is 0.370 e. The van der Waals surface area contributed by atoms with Crippen LogP contribution in [0.3, 0.4) is 0 Å². The van der Waals surface area contributed by atoms with Crippen LogP contribution in [-0.2, 0) is 0 Å². The highest BCUT2D eigenvalue weighted by Gasteiger charge is 2.03. The third-order valence-corrected chi connectivity index (χ3v) is 3.18. The monoisotopic (exact) mass is 210 g/mol. The van der Waals surface area contributed by atoms with Crippen LogP contribution in [0, 0.1) is 0 Å². The van der Waals surface area contributed by atoms with E-state index in [9.17, 15) is 0 Å². The highest BCUT2D eigenvalue weighted by Crippen LogP contribution is 2.23. The first-order valence-electron chi connectivity index (χ1n) is 5.13. The number of aromatic nitrogens is 1. The number of anilines is 1. The standard InChI is InChI=1S/C11H18N2S/c1-4-9(3)14-11-8-6-7-10(13-11)12-5-2/h6-9H,4-5H2,1-3H3,(H,12,13). The Bertz CT molecular complexity index is 276. The van der Waals surface area contributed by atoms with Crippen molar-refractivity contribution in [1.29, 1.82) is 0 Å². The van der Waals surface area contributed by atoms with E-state index in [0.29, 0.717) is 5.25 Å². The summed E-state index contributed by atoms with van der Waals surface area (Å²) in [6.07, 6.45) is 1.18. The SMILES string of the molecule is CCNc1cccc(SC(C)CC)n1. The molecule has 1 heterocycles. The fraction of sp³-hybridized carbons (Fsp3) is 0.545. The maximum atomic E-state index is 4.50. The van der Waals surface area contributed by atoms with Crippen molar-refractivity contribution in [3.05, 3.63) is 18.2 Å². The minimum Gasteiger partial charge on any atom is -0.370 e. The summed E-state index contributed by atoms with van der Waals surface area (Å²) in [5.41, 5.74) is 0. The van der Waals surface area contributed by atoms with Gasteiger partial charge in [-0.05, 0) is 25.5 Å². The van der Waals surface area contributed by atoms with Gasteiger partial charge in [-0.15, -0.1) is 11.8 Å². The van der Waals surface area contributed by atoms with Gasteiger partial charge in [-0.2, -0.15) is 0 Å². The van der Waals surface area contributed by atoms with E-state index in [2.05, 4.69) is 43.2 Å². The minimum atomic E-state index is 0.638. The van der Waals surface area contributed by atoms with Gasteiger partial charge in [0.15, 0.2) is 0 Å². The molecule has 1 rings (SSSR count). The lowest BCUT2D eigenvalue weighted by molar-refractivity contribution is 0.901. The molecule has 1 atom stereocenters. The zero-order chi connectivity index (χ0) is 10.4. The molecule has 0 aromatic carbocycles. The van der Waals surface area contributed by atoms with E-state index < -0.39 is 0 Å². The second-order valence-electron chi connectivity index (χ2n) is 3.23. The van der Waals surface area contributed by atoms with Crippen molar-refractivity contribution in [3.8, 4) is 0 Å². The van der Waals surface area contributed by atoms with Crippen molar-refractivity contribution in [2.45, 2.75) is 37.5 Å². The highest BCUT2D eigenvalue weighted by molar-refractivity contribution is 7.99. The van der Waals surface area contributed by atoms with Crippen LogP contribution in [0.1, 0.15) is 27.2 Å². The van der Waals surface area contributed by atoms with Crippen LogP contribution in [-0.4, -0.2) is 16.8 Å². The molecule has 1 aromatic rings. The van der Waals surface area contributed by atoms with Crippen LogP contribution < -0.4 is 5.32 Å². The summed E-state index contributed by atoms with van der Waals surface area (Å²) in [7, 11) is 0. The molecule has 0 aliphatic rings. The first-order valence-corrected chi connectivity index (χ1v) is 6.01. The van der Waals surface area contributed by atoms with Crippen LogP contribution in [0.2, 0.25) is 0 Å². The maximum absolute atomic E-state index is 4.50. The molecular weight excluding hydrogens is 192 g/mol. The number of rotatable bonds is 5. The van der Waals surface area contributed by atoms with Crippen molar-refractivity contribution in [3.63, 3.8) is 0 Å². The molecule has 0 amide bonds. The Morgan fingerprint density at radius 3 is 2.86 bits per heavy atom. The van der Waals surface area contributed by atoms with Crippen LogP contribution in [0.5, 0.6) is 0 Å². The number of hydrogen-bond acceptors (Lipinski definition) is 3. The Morgan fingerprint density at radius 1 is 1.43 bits per heavy atom. The van der Waals surface area contributed by atoms with Crippen molar-refractivity contribution < 1.29 is 0 Å². The van der Waals surface area contributed by atoms with E-state index >= 15 is 0 Å². The topological polar surface area (TPSA) is 24.9 Å². The van der Waals surface area contributed by atoms with Gasteiger partial charge in [-0.1, -0.05) is 19.9 Å². The van der Waals surface area contributed by atoms with E-state index in [1.54, 1.807) is 0 Å². The van der Waals surface area contributed by atoms with Crippen LogP contribution in [0.15, 0.2) is 23.2 Å². The molecule has 0 spiro atoms. The summed E-state index contributed by atoms with van der Waals surface area (Å²) >= 11 is 1.83. The molecule has 1 aromatic heterocycles. The molecule has 1 N–H and O–H groups in total. The fourth-order valence-electron chi connectivity index (χ4n) is 1.05. The molecule has 0 fully saturated rings. The summed E-state index contributed by atoms with van der Waals surface area (Å²) in [5.74, 6) is 0.973. The van der Waals surface area contributed by atoms with Crippen LogP contribution in [0.4, 0.5) is 5.82 Å². The zero-order valence-corrected chi connectivity index (χ0v) is 9.90. The lowest BCUT2D eigenvalue weighted by Gasteiger charge is -2.08. The van der Waals surface area contributed by atoms with Crippen LogP contribution >= 0.6 is 11.8 Å². The number of nitrogens with zero attached hydrogens (tertiary/aromatic N) is 1. The van der Waals surface area contributed by atoms with Crippen molar-refractivity contribution >= 4 is 17.6 Å². The molecule has 0 saturated carbocycles. The first kappa shape index (κ1) is 11.4. The normalized spacial score (nSPS) is 12.5. The molecule has 78 valence electrons. The van der Waals surface area contributed by atoms with Gasteiger partial charge in [0.1, 0.15) is 5.82 Å². The second-order valence-corrected chi connectivity index (χ2v) is 4.69. The van der Waals surface area contributed by atoms with E-state index in [4.69, 9.17) is 0 Å². The molecular formula is C11H18N2S. The number of hydrogen-bond donors (Lipinski definition) is 1. The Labute approximate surface area is 90.5 Å². The Kier molecular flexibility index (Phi) is 4.80. The smallest absolute Gasteiger partial charge is 0.127 e. The van der Waals surface area contributed by atoms with Gasteiger partial charge < -0.3 is 5.32 Å². The average Bonchev–Trinajstić information content (AvgIpc) is 2.19. The van der Waals surface area contributed by atoms with Gasteiger partial charge in [0.25, 0.3) is 0 Å². The highest BCUT2D eigenvalue weighted by atomic mass is 32.2. The fourth-order valence-corrected chi connectivity index (χ4v) is 1.94. The minimum absolute atomic E-state index is 0.638. The quantitative estimate of drug-likeness (QED) is 0.754. The first-order chi connectivity index (χ1) is 6.76. The average molecular weight is 210 g/mol. The van der Waals surface area contributed by atoms with Gasteiger partial charge >= 0.3 is 0 Å². The Morgan fingerprint density at radius 2 is 2.21 bits per heavy atom. The third kappa shape index (κ3) is 3.58. The third-order valence-electron chi connectivity index (χ3n) is 1.98. The van der Waals surface area contributed by atoms with Crippen LogP contribution in [0.25, 0.3) is 0 Å². The summed E-state index contributed by atoms with van der Waals surface area (Å²) in [5, 5.41) is 4.96. The van der Waals surface area contributed by atoms with E-state index in [-0.39, 0.29) is 0 Å². The summed E-state index contributed by atoms with van der Waals surface area (Å²) in [4.78, 5) is 4.50. The molecule has 0 radical (unpaired) electrons. The lowest BCUT2D eigenvalue weighted by Crippen LogP contribution is -2.00. The predicted molar refractivity (Wildman–Crippen MR) is 64.0 cm³/mol. The number of pyridine rings is 1. The predicted octanol–water partition coefficient (Wildman–Crippen LogP) is 3.40. The lowest BCUT2D eigenvalue weighted by atomic mass is 10.4. The Balaban J connectivity index is 2.63. The molecule has 0 saturated heterocycles. The van der Waals surface area contributed by atoms with E-state index in [1.807, 2.05) is 17.8 Å². The van der Waals surface area contributed by atoms with Gasteiger partial charge in [0.2, 0.25) is 0 Å². The van der Waals surface area contributed by atoms with Gasteiger partial charge in [-0.25, -0.2) is 4.98 Å². The molecule has 0 aliphatic carbocycles.